The number of rotatable bonds is 8. The first-order chi connectivity index (χ1) is 11.0. The van der Waals surface area contributed by atoms with Gasteiger partial charge in [-0.15, -0.1) is 23.1 Å². The van der Waals surface area contributed by atoms with E-state index < -0.39 is 12.1 Å². The summed E-state index contributed by atoms with van der Waals surface area (Å²) in [5.74, 6) is 0.512. The molecule has 1 aromatic heterocycles. The van der Waals surface area contributed by atoms with Crippen molar-refractivity contribution in [2.45, 2.75) is 29.7 Å². The monoisotopic (exact) mass is 373 g/mol. The normalized spacial score (nSPS) is 19.7. The maximum atomic E-state index is 11.9. The Morgan fingerprint density at radius 3 is 3.00 bits per heavy atom. The molecular weight excluding hydrogens is 354 g/mol. The number of nitrogens with zero attached hydrogens (tertiary/aromatic N) is 1. The highest BCUT2D eigenvalue weighted by Gasteiger charge is 2.29. The molecule has 0 bridgehead atoms. The third kappa shape index (κ3) is 5.27. The molecule has 0 saturated carbocycles. The summed E-state index contributed by atoms with van der Waals surface area (Å²) in [5.41, 5.74) is 0. The number of aliphatic hydroxyl groups excluding tert-OH is 1. The molecule has 2 atom stereocenters. The van der Waals surface area contributed by atoms with Gasteiger partial charge in [0.25, 0.3) is 5.24 Å². The van der Waals surface area contributed by atoms with Crippen molar-refractivity contribution < 1.29 is 19.8 Å². The second-order valence-corrected chi connectivity index (χ2v) is 8.42. The van der Waals surface area contributed by atoms with Crippen molar-refractivity contribution in [3.63, 3.8) is 0 Å². The number of hydrogen-bond donors (Lipinski definition) is 2. The predicted octanol–water partition coefficient (Wildman–Crippen LogP) is 3.40. The van der Waals surface area contributed by atoms with Crippen molar-refractivity contribution in [1.29, 1.82) is 0 Å². The second kappa shape index (κ2) is 8.77. The molecule has 0 radical (unpaired) electrons. The summed E-state index contributed by atoms with van der Waals surface area (Å²) in [6.07, 6.45) is 3.85. The van der Waals surface area contributed by atoms with Gasteiger partial charge in [0.15, 0.2) is 0 Å². The molecule has 1 aliphatic rings. The Morgan fingerprint density at radius 1 is 1.57 bits per heavy atom. The molecule has 5 nitrogen and oxygen atoms in total. The molecular formula is C15H19NO4S3. The van der Waals surface area contributed by atoms with Crippen LogP contribution in [0.4, 0.5) is 4.79 Å². The summed E-state index contributed by atoms with van der Waals surface area (Å²) < 4.78 is 0.940. The van der Waals surface area contributed by atoms with Crippen molar-refractivity contribution in [2.24, 2.45) is 0 Å². The van der Waals surface area contributed by atoms with Gasteiger partial charge in [0.2, 0.25) is 0 Å². The van der Waals surface area contributed by atoms with E-state index in [1.807, 2.05) is 17.9 Å². The summed E-state index contributed by atoms with van der Waals surface area (Å²) in [4.78, 5) is 24.9. The third-order valence-electron chi connectivity index (χ3n) is 3.35. The summed E-state index contributed by atoms with van der Waals surface area (Å²) in [5, 5.41) is 18.6. The first-order valence-corrected chi connectivity index (χ1v) is 10.1. The largest absolute Gasteiger partial charge is 0.477 e. The molecule has 23 heavy (non-hydrogen) atoms. The molecule has 0 unspecified atom stereocenters. The number of hydrogen-bond acceptors (Lipinski definition) is 6. The number of carboxylic acids is 1. The van der Waals surface area contributed by atoms with E-state index in [0.29, 0.717) is 29.3 Å². The Hall–Kier alpha value is -0.960. The Balaban J connectivity index is 1.85. The molecule has 1 aromatic rings. The van der Waals surface area contributed by atoms with Crippen molar-refractivity contribution in [2.75, 3.05) is 18.1 Å². The van der Waals surface area contributed by atoms with Crippen LogP contribution in [0.1, 0.15) is 23.0 Å². The molecule has 0 spiro atoms. The van der Waals surface area contributed by atoms with Crippen LogP contribution in [0, 0.1) is 0 Å². The van der Waals surface area contributed by atoms with E-state index in [0.717, 1.165) is 4.21 Å². The lowest BCUT2D eigenvalue weighted by Crippen LogP contribution is -2.33. The lowest BCUT2D eigenvalue weighted by atomic mass is 10.2. The number of aromatic carboxylic acids is 1. The van der Waals surface area contributed by atoms with Crippen LogP contribution in [0.15, 0.2) is 28.5 Å². The predicted molar refractivity (Wildman–Crippen MR) is 95.8 cm³/mol. The SMILES string of the molecule is CC[C@H](O)/C=C/[C@H]1CSC(=O)N1CCSc1ccc(C(=O)O)s1. The Labute approximate surface area is 147 Å². The molecule has 1 fully saturated rings. The lowest BCUT2D eigenvalue weighted by molar-refractivity contribution is 0.0702. The Morgan fingerprint density at radius 2 is 2.35 bits per heavy atom. The molecule has 1 aliphatic heterocycles. The van der Waals surface area contributed by atoms with E-state index in [4.69, 9.17) is 5.11 Å². The number of amides is 1. The average molecular weight is 374 g/mol. The Bertz CT molecular complexity index is 587. The van der Waals surface area contributed by atoms with E-state index in [1.54, 1.807) is 30.0 Å². The van der Waals surface area contributed by atoms with E-state index in [-0.39, 0.29) is 11.3 Å². The molecule has 8 heteroatoms. The van der Waals surface area contributed by atoms with Crippen LogP contribution in [0.25, 0.3) is 0 Å². The highest BCUT2D eigenvalue weighted by molar-refractivity contribution is 8.13. The van der Waals surface area contributed by atoms with Crippen LogP contribution >= 0.6 is 34.9 Å². The molecule has 126 valence electrons. The first kappa shape index (κ1) is 18.4. The van der Waals surface area contributed by atoms with E-state index in [2.05, 4.69) is 0 Å². The van der Waals surface area contributed by atoms with Crippen LogP contribution in [-0.2, 0) is 0 Å². The van der Waals surface area contributed by atoms with Crippen molar-refractivity contribution in [3.05, 3.63) is 29.2 Å². The minimum atomic E-state index is -0.910. The highest BCUT2D eigenvalue weighted by atomic mass is 32.2. The van der Waals surface area contributed by atoms with Crippen LogP contribution in [0.3, 0.4) is 0 Å². The number of thiophene rings is 1. The topological polar surface area (TPSA) is 77.8 Å². The van der Waals surface area contributed by atoms with Crippen molar-refractivity contribution in [3.8, 4) is 0 Å². The zero-order valence-electron chi connectivity index (χ0n) is 12.7. The van der Waals surface area contributed by atoms with E-state index in [9.17, 15) is 14.7 Å². The average Bonchev–Trinajstić information content (AvgIpc) is 3.13. The van der Waals surface area contributed by atoms with Crippen LogP contribution in [0.5, 0.6) is 0 Å². The van der Waals surface area contributed by atoms with Gasteiger partial charge in [-0.3, -0.25) is 4.79 Å². The molecule has 1 saturated heterocycles. The third-order valence-corrected chi connectivity index (χ3v) is 6.62. The minimum Gasteiger partial charge on any atom is -0.477 e. The molecule has 0 aromatic carbocycles. The van der Waals surface area contributed by atoms with E-state index in [1.165, 1.54) is 23.1 Å². The van der Waals surface area contributed by atoms with Gasteiger partial charge in [0.1, 0.15) is 4.88 Å². The first-order valence-electron chi connectivity index (χ1n) is 7.27. The molecule has 1 amide bonds. The highest BCUT2D eigenvalue weighted by Crippen LogP contribution is 2.29. The number of aliphatic hydroxyl groups is 1. The number of carbonyl (C=O) groups excluding carboxylic acids is 1. The maximum Gasteiger partial charge on any atom is 0.345 e. The van der Waals surface area contributed by atoms with Gasteiger partial charge in [-0.1, -0.05) is 30.8 Å². The molecule has 2 N–H and O–H groups in total. The van der Waals surface area contributed by atoms with Gasteiger partial charge in [0, 0.05) is 18.1 Å². The van der Waals surface area contributed by atoms with Gasteiger partial charge >= 0.3 is 5.97 Å². The zero-order chi connectivity index (χ0) is 16.8. The molecule has 0 aliphatic carbocycles. The van der Waals surface area contributed by atoms with Crippen molar-refractivity contribution >= 4 is 46.1 Å². The Kier molecular flexibility index (Phi) is 7.01. The van der Waals surface area contributed by atoms with E-state index >= 15 is 0 Å². The van der Waals surface area contributed by atoms with Crippen molar-refractivity contribution in [1.82, 2.24) is 4.90 Å². The summed E-state index contributed by atoms with van der Waals surface area (Å²) in [6.45, 7) is 2.51. The van der Waals surface area contributed by atoms with Crippen LogP contribution in [-0.4, -0.2) is 56.5 Å². The smallest absolute Gasteiger partial charge is 0.345 e. The zero-order valence-corrected chi connectivity index (χ0v) is 15.1. The lowest BCUT2D eigenvalue weighted by Gasteiger charge is -2.21. The van der Waals surface area contributed by atoms with Gasteiger partial charge < -0.3 is 15.1 Å². The fourth-order valence-electron chi connectivity index (χ4n) is 2.03. The fraction of sp³-hybridized carbons (Fsp3) is 0.467. The minimum absolute atomic E-state index is 0.0206. The van der Waals surface area contributed by atoms with Gasteiger partial charge in [-0.2, -0.15) is 0 Å². The van der Waals surface area contributed by atoms with Gasteiger partial charge in [-0.05, 0) is 18.6 Å². The standard InChI is InChI=1S/C15H19NO4S3/c1-2-11(17)4-3-10-9-22-15(20)16(10)7-8-21-13-6-5-12(23-13)14(18)19/h3-6,10-11,17H,2,7-9H2,1H3,(H,18,19)/b4-3+/t10-,11-/m0/s1. The summed E-state index contributed by atoms with van der Waals surface area (Å²) in [7, 11) is 0. The summed E-state index contributed by atoms with van der Waals surface area (Å²) >= 11 is 4.10. The molecule has 2 heterocycles. The fourth-order valence-corrected chi connectivity index (χ4v) is 5.01. The quantitative estimate of drug-likeness (QED) is 0.537. The maximum absolute atomic E-state index is 11.9. The second-order valence-electron chi connectivity index (χ2n) is 4.97. The number of carbonyl (C=O) groups is 2. The number of thioether (sulfide) groups is 2. The summed E-state index contributed by atoms with van der Waals surface area (Å²) in [6, 6.07) is 3.42. The van der Waals surface area contributed by atoms with Crippen LogP contribution < -0.4 is 0 Å². The van der Waals surface area contributed by atoms with Gasteiger partial charge in [-0.25, -0.2) is 4.79 Å². The van der Waals surface area contributed by atoms with Crippen LogP contribution in [0.2, 0.25) is 0 Å². The van der Waals surface area contributed by atoms with Gasteiger partial charge in [0.05, 0.1) is 16.4 Å². The number of carboxylic acid groups (broad SMARTS) is 1. The molecule has 2 rings (SSSR count).